The van der Waals surface area contributed by atoms with E-state index in [9.17, 15) is 4.79 Å². The van der Waals surface area contributed by atoms with Crippen LogP contribution in [0.2, 0.25) is 0 Å². The molecule has 1 atom stereocenters. The average molecular weight is 533 g/mol. The summed E-state index contributed by atoms with van der Waals surface area (Å²) in [7, 11) is 3.84. The summed E-state index contributed by atoms with van der Waals surface area (Å²) in [5.74, 6) is 0.749. The van der Waals surface area contributed by atoms with Crippen LogP contribution in [0.3, 0.4) is 0 Å². The zero-order valence-electron chi connectivity index (χ0n) is 19.2. The lowest BCUT2D eigenvalue weighted by molar-refractivity contribution is 0.0939. The molecule has 0 radical (unpaired) electrons. The predicted molar refractivity (Wildman–Crippen MR) is 136 cm³/mol. The maximum atomic E-state index is 12.3. The van der Waals surface area contributed by atoms with Crippen molar-refractivity contribution in [2.45, 2.75) is 46.2 Å². The molecule has 0 aromatic heterocycles. The molecule has 0 fully saturated rings. The Bertz CT molecular complexity index is 627. The van der Waals surface area contributed by atoms with Crippen LogP contribution in [-0.4, -0.2) is 69.8 Å². The van der Waals surface area contributed by atoms with Gasteiger partial charge in [0.15, 0.2) is 5.96 Å². The Morgan fingerprint density at radius 1 is 1.23 bits per heavy atom. The molecule has 1 amide bonds. The summed E-state index contributed by atoms with van der Waals surface area (Å²) in [6, 6.07) is 7.83. The number of benzene rings is 1. The van der Waals surface area contributed by atoms with Gasteiger partial charge in [-0.25, -0.2) is 4.99 Å². The van der Waals surface area contributed by atoms with E-state index in [1.54, 1.807) is 7.11 Å². The molecule has 0 spiro atoms. The smallest absolute Gasteiger partial charge is 0.251 e. The fraction of sp³-hybridized carbons (Fsp3) is 0.636. The molecular formula is C22H40IN5O2. The number of carbonyl (C=O) groups is 1. The zero-order chi connectivity index (χ0) is 21.5. The molecule has 3 N–H and O–H groups in total. The van der Waals surface area contributed by atoms with E-state index in [0.717, 1.165) is 57.2 Å². The largest absolute Gasteiger partial charge is 0.385 e. The molecule has 7 nitrogen and oxygen atoms in total. The second-order valence-electron chi connectivity index (χ2n) is 7.25. The SMILES string of the molecule is CCNC(=NCc1cccc(C(=O)NC(C)CC)c1)NCCN(C)CCCOC.I. The molecular weight excluding hydrogens is 493 g/mol. The van der Waals surface area contributed by atoms with Gasteiger partial charge in [0.25, 0.3) is 5.91 Å². The second-order valence-corrected chi connectivity index (χ2v) is 7.25. The van der Waals surface area contributed by atoms with Gasteiger partial charge >= 0.3 is 0 Å². The van der Waals surface area contributed by atoms with Crippen molar-refractivity contribution in [3.8, 4) is 0 Å². The van der Waals surface area contributed by atoms with Crippen LogP contribution in [0.15, 0.2) is 29.3 Å². The Hall–Kier alpha value is -1.39. The number of hydrogen-bond donors (Lipinski definition) is 3. The highest BCUT2D eigenvalue weighted by Crippen LogP contribution is 2.07. The molecule has 172 valence electrons. The molecule has 0 heterocycles. The molecule has 0 saturated carbocycles. The molecule has 1 unspecified atom stereocenters. The summed E-state index contributed by atoms with van der Waals surface area (Å²) in [6.07, 6.45) is 1.94. The molecule has 0 aliphatic carbocycles. The summed E-state index contributed by atoms with van der Waals surface area (Å²) >= 11 is 0. The van der Waals surface area contributed by atoms with E-state index in [-0.39, 0.29) is 35.9 Å². The Balaban J connectivity index is 0.00000841. The van der Waals surface area contributed by atoms with Gasteiger partial charge in [-0.1, -0.05) is 19.1 Å². The summed E-state index contributed by atoms with van der Waals surface area (Å²) in [6.45, 7) is 11.0. The van der Waals surface area contributed by atoms with Crippen molar-refractivity contribution in [3.05, 3.63) is 35.4 Å². The van der Waals surface area contributed by atoms with Gasteiger partial charge in [-0.05, 0) is 51.4 Å². The van der Waals surface area contributed by atoms with Crippen molar-refractivity contribution in [3.63, 3.8) is 0 Å². The Morgan fingerprint density at radius 2 is 2.00 bits per heavy atom. The molecule has 0 bridgehead atoms. The number of nitrogens with zero attached hydrogens (tertiary/aromatic N) is 2. The number of hydrogen-bond acceptors (Lipinski definition) is 4. The van der Waals surface area contributed by atoms with Crippen molar-refractivity contribution >= 4 is 35.8 Å². The number of aliphatic imine (C=N–C) groups is 1. The van der Waals surface area contributed by atoms with Gasteiger partial charge in [0, 0.05) is 51.5 Å². The molecule has 1 aromatic rings. The monoisotopic (exact) mass is 533 g/mol. The maximum absolute atomic E-state index is 12.3. The summed E-state index contributed by atoms with van der Waals surface area (Å²) < 4.78 is 5.09. The number of halogens is 1. The minimum absolute atomic E-state index is 0. The third kappa shape index (κ3) is 12.3. The quantitative estimate of drug-likeness (QED) is 0.157. The molecule has 1 aromatic carbocycles. The van der Waals surface area contributed by atoms with Crippen LogP contribution >= 0.6 is 24.0 Å². The third-order valence-electron chi connectivity index (χ3n) is 4.62. The summed E-state index contributed by atoms with van der Waals surface area (Å²) in [5, 5.41) is 9.64. The highest BCUT2D eigenvalue weighted by molar-refractivity contribution is 14.0. The molecule has 1 rings (SSSR count). The van der Waals surface area contributed by atoms with Crippen LogP contribution in [0.5, 0.6) is 0 Å². The van der Waals surface area contributed by atoms with E-state index in [1.165, 1.54) is 0 Å². The average Bonchev–Trinajstić information content (AvgIpc) is 2.72. The van der Waals surface area contributed by atoms with Gasteiger partial charge in [-0.15, -0.1) is 24.0 Å². The predicted octanol–water partition coefficient (Wildman–Crippen LogP) is 2.86. The number of methoxy groups -OCH3 is 1. The van der Waals surface area contributed by atoms with Gasteiger partial charge in [0.05, 0.1) is 6.54 Å². The van der Waals surface area contributed by atoms with E-state index < -0.39 is 0 Å². The van der Waals surface area contributed by atoms with Crippen molar-refractivity contribution in [1.82, 2.24) is 20.9 Å². The number of amides is 1. The molecule has 0 saturated heterocycles. The number of ether oxygens (including phenoxy) is 1. The normalized spacial score (nSPS) is 12.3. The van der Waals surface area contributed by atoms with E-state index in [2.05, 4.69) is 39.8 Å². The summed E-state index contributed by atoms with van der Waals surface area (Å²) in [5.41, 5.74) is 1.68. The third-order valence-corrected chi connectivity index (χ3v) is 4.62. The number of nitrogens with one attached hydrogen (secondary N) is 3. The number of guanidine groups is 1. The fourth-order valence-corrected chi connectivity index (χ4v) is 2.69. The van der Waals surface area contributed by atoms with E-state index in [1.807, 2.05) is 38.1 Å². The topological polar surface area (TPSA) is 78.0 Å². The zero-order valence-corrected chi connectivity index (χ0v) is 21.5. The van der Waals surface area contributed by atoms with E-state index >= 15 is 0 Å². The van der Waals surface area contributed by atoms with E-state index in [4.69, 9.17) is 4.74 Å². The highest BCUT2D eigenvalue weighted by atomic mass is 127. The second kappa shape index (κ2) is 17.3. The molecule has 0 aliphatic heterocycles. The van der Waals surface area contributed by atoms with Crippen molar-refractivity contribution in [1.29, 1.82) is 0 Å². The Morgan fingerprint density at radius 3 is 2.67 bits per heavy atom. The fourth-order valence-electron chi connectivity index (χ4n) is 2.69. The maximum Gasteiger partial charge on any atom is 0.251 e. The first kappa shape index (κ1) is 28.6. The van der Waals surface area contributed by atoms with Crippen LogP contribution in [0.1, 0.15) is 49.5 Å². The van der Waals surface area contributed by atoms with Gasteiger partial charge in [0.1, 0.15) is 0 Å². The standard InChI is InChI=1S/C22H39N5O2.HI/c1-6-18(3)26-21(28)20-11-8-10-19(16-20)17-25-22(23-7-2)24-12-14-27(4)13-9-15-29-5;/h8,10-11,16,18H,6-7,9,12-15,17H2,1-5H3,(H,26,28)(H2,23,24,25);1H. The van der Waals surface area contributed by atoms with Gasteiger partial charge in [-0.3, -0.25) is 4.79 Å². The van der Waals surface area contributed by atoms with Crippen molar-refractivity contribution < 1.29 is 9.53 Å². The Labute approximate surface area is 199 Å². The van der Waals surface area contributed by atoms with Gasteiger partial charge in [-0.2, -0.15) is 0 Å². The van der Waals surface area contributed by atoms with Crippen LogP contribution < -0.4 is 16.0 Å². The molecule has 0 aliphatic rings. The van der Waals surface area contributed by atoms with Crippen LogP contribution in [0.25, 0.3) is 0 Å². The lowest BCUT2D eigenvalue weighted by Gasteiger charge is -2.18. The lowest BCUT2D eigenvalue weighted by atomic mass is 10.1. The minimum Gasteiger partial charge on any atom is -0.385 e. The first-order valence-electron chi connectivity index (χ1n) is 10.6. The lowest BCUT2D eigenvalue weighted by Crippen LogP contribution is -2.41. The molecule has 30 heavy (non-hydrogen) atoms. The van der Waals surface area contributed by atoms with Crippen LogP contribution in [0.4, 0.5) is 0 Å². The van der Waals surface area contributed by atoms with Crippen LogP contribution in [-0.2, 0) is 11.3 Å². The Kier molecular flexibility index (Phi) is 16.5. The number of carbonyl (C=O) groups excluding carboxylic acids is 1. The number of rotatable bonds is 13. The first-order chi connectivity index (χ1) is 14.0. The van der Waals surface area contributed by atoms with E-state index in [0.29, 0.717) is 12.1 Å². The molecule has 8 heteroatoms. The highest BCUT2D eigenvalue weighted by Gasteiger charge is 2.09. The van der Waals surface area contributed by atoms with Gasteiger partial charge < -0.3 is 25.6 Å². The first-order valence-corrected chi connectivity index (χ1v) is 10.6. The van der Waals surface area contributed by atoms with Crippen LogP contribution in [0, 0.1) is 0 Å². The van der Waals surface area contributed by atoms with Gasteiger partial charge in [0.2, 0.25) is 0 Å². The van der Waals surface area contributed by atoms with Crippen molar-refractivity contribution in [2.24, 2.45) is 4.99 Å². The minimum atomic E-state index is -0.0354. The summed E-state index contributed by atoms with van der Waals surface area (Å²) in [4.78, 5) is 19.3. The van der Waals surface area contributed by atoms with Crippen molar-refractivity contribution in [2.75, 3.05) is 46.9 Å². The number of likely N-dealkylation sites (N-methyl/N-ethyl adjacent to an activating group) is 1.